The van der Waals surface area contributed by atoms with Gasteiger partial charge in [0, 0.05) is 45.8 Å². The first-order valence-corrected chi connectivity index (χ1v) is 9.62. The number of nitrogens with zero attached hydrogens (tertiary/aromatic N) is 3. The van der Waals surface area contributed by atoms with Gasteiger partial charge in [-0.2, -0.15) is 0 Å². The number of ether oxygens (including phenoxy) is 1. The molecule has 2 aliphatic heterocycles. The van der Waals surface area contributed by atoms with Crippen molar-refractivity contribution in [2.24, 2.45) is 17.6 Å². The van der Waals surface area contributed by atoms with Gasteiger partial charge in [-0.3, -0.25) is 19.3 Å². The summed E-state index contributed by atoms with van der Waals surface area (Å²) in [6.45, 7) is 8.60. The third-order valence-electron chi connectivity index (χ3n) is 5.26. The molecule has 152 valence electrons. The third kappa shape index (κ3) is 5.77. The van der Waals surface area contributed by atoms with Crippen LogP contribution < -0.4 is 5.73 Å². The first-order valence-electron chi connectivity index (χ1n) is 9.62. The van der Waals surface area contributed by atoms with Crippen molar-refractivity contribution in [3.8, 4) is 0 Å². The number of likely N-dealkylation sites (N-methyl/N-ethyl adjacent to an activating group) is 1. The van der Waals surface area contributed by atoms with Gasteiger partial charge in [0.1, 0.15) is 6.04 Å². The molecule has 0 aliphatic carbocycles. The van der Waals surface area contributed by atoms with Gasteiger partial charge in [-0.1, -0.05) is 19.9 Å². The number of hydrogen-bond donors (Lipinski definition) is 1. The third-order valence-corrected chi connectivity index (χ3v) is 5.26. The molecule has 2 rings (SSSR count). The van der Waals surface area contributed by atoms with Crippen molar-refractivity contribution in [2.75, 3.05) is 53.0 Å². The lowest BCUT2D eigenvalue weighted by Gasteiger charge is -2.30. The van der Waals surface area contributed by atoms with Crippen LogP contribution in [0.2, 0.25) is 0 Å². The minimum absolute atomic E-state index is 0.0568. The zero-order valence-corrected chi connectivity index (χ0v) is 16.6. The maximum atomic E-state index is 12.7. The van der Waals surface area contributed by atoms with Crippen molar-refractivity contribution in [1.29, 1.82) is 0 Å². The van der Waals surface area contributed by atoms with Gasteiger partial charge in [0.15, 0.2) is 0 Å². The highest BCUT2D eigenvalue weighted by atomic mass is 16.5. The quantitative estimate of drug-likeness (QED) is 0.612. The summed E-state index contributed by atoms with van der Waals surface area (Å²) in [5.41, 5.74) is 5.45. The summed E-state index contributed by atoms with van der Waals surface area (Å²) in [5, 5.41) is 0. The van der Waals surface area contributed by atoms with Gasteiger partial charge in [-0.15, -0.1) is 0 Å². The van der Waals surface area contributed by atoms with Crippen LogP contribution in [0, 0.1) is 11.8 Å². The Morgan fingerprint density at radius 2 is 1.89 bits per heavy atom. The van der Waals surface area contributed by atoms with Crippen molar-refractivity contribution in [1.82, 2.24) is 14.7 Å². The molecule has 2 saturated heterocycles. The molecule has 2 heterocycles. The van der Waals surface area contributed by atoms with Crippen LogP contribution in [0.5, 0.6) is 0 Å². The van der Waals surface area contributed by atoms with Gasteiger partial charge in [0.25, 0.3) is 0 Å². The molecule has 2 aliphatic rings. The van der Waals surface area contributed by atoms with Gasteiger partial charge in [-0.25, -0.2) is 0 Å². The minimum atomic E-state index is -0.629. The van der Waals surface area contributed by atoms with Gasteiger partial charge in [0.05, 0.1) is 19.1 Å². The minimum Gasteiger partial charge on any atom is -0.379 e. The number of amides is 3. The molecule has 0 saturated carbocycles. The lowest BCUT2D eigenvalue weighted by atomic mass is 9.99. The van der Waals surface area contributed by atoms with Crippen LogP contribution in [-0.4, -0.2) is 91.4 Å². The Labute approximate surface area is 161 Å². The average Bonchev–Trinajstić information content (AvgIpc) is 3.11. The monoisotopic (exact) mass is 380 g/mol. The van der Waals surface area contributed by atoms with Crippen LogP contribution >= 0.6 is 0 Å². The van der Waals surface area contributed by atoms with E-state index in [9.17, 15) is 14.4 Å². The van der Waals surface area contributed by atoms with Gasteiger partial charge in [0.2, 0.25) is 17.7 Å². The van der Waals surface area contributed by atoms with Crippen LogP contribution in [0.15, 0.2) is 12.2 Å². The first kappa shape index (κ1) is 21.4. The number of likely N-dealkylation sites (tertiary alicyclic amines) is 1. The summed E-state index contributed by atoms with van der Waals surface area (Å²) in [7, 11) is 1.62. The summed E-state index contributed by atoms with van der Waals surface area (Å²) >= 11 is 0. The number of rotatable bonds is 7. The second kappa shape index (κ2) is 9.85. The van der Waals surface area contributed by atoms with Crippen molar-refractivity contribution in [3.63, 3.8) is 0 Å². The van der Waals surface area contributed by atoms with E-state index < -0.39 is 11.9 Å². The number of nitrogens with two attached hydrogens (primary N) is 1. The topological polar surface area (TPSA) is 96.2 Å². The number of carbonyl (C=O) groups excluding carboxylic acids is 3. The maximum Gasteiger partial charge on any atom is 0.246 e. The summed E-state index contributed by atoms with van der Waals surface area (Å²) in [5.74, 6) is -1.04. The molecule has 2 N–H and O–H groups in total. The summed E-state index contributed by atoms with van der Waals surface area (Å²) < 4.78 is 5.30. The number of carbonyl (C=O) groups is 3. The fourth-order valence-electron chi connectivity index (χ4n) is 3.75. The Balaban J connectivity index is 1.84. The predicted molar refractivity (Wildman–Crippen MR) is 102 cm³/mol. The molecule has 0 unspecified atom stereocenters. The van der Waals surface area contributed by atoms with Crippen molar-refractivity contribution in [2.45, 2.75) is 26.3 Å². The van der Waals surface area contributed by atoms with Gasteiger partial charge >= 0.3 is 0 Å². The van der Waals surface area contributed by atoms with E-state index in [2.05, 4.69) is 4.90 Å². The molecule has 8 heteroatoms. The molecule has 8 nitrogen and oxygen atoms in total. The van der Waals surface area contributed by atoms with E-state index >= 15 is 0 Å². The summed E-state index contributed by atoms with van der Waals surface area (Å²) in [6, 6.07) is -0.629. The standard InChI is InChI=1S/C19H32N4O4/c1-14(2)17(18(20)25)21(3)19(26)15-6-8-23(13-15)16(24)5-4-7-22-9-11-27-12-10-22/h4-5,14-15,17H,6-13H2,1-3H3,(H2,20,25)/b5-4+/t15-,17-/m0/s1. The number of primary amides is 1. The number of hydrogen-bond acceptors (Lipinski definition) is 5. The predicted octanol–water partition coefficient (Wildman–Crippen LogP) is -0.308. The van der Waals surface area contributed by atoms with Gasteiger partial charge < -0.3 is 20.3 Å². The molecule has 2 fully saturated rings. The molecule has 3 amide bonds. The van der Waals surface area contributed by atoms with E-state index in [1.807, 2.05) is 19.9 Å². The van der Waals surface area contributed by atoms with E-state index in [4.69, 9.17) is 10.5 Å². The maximum absolute atomic E-state index is 12.7. The first-order chi connectivity index (χ1) is 12.8. The lowest BCUT2D eigenvalue weighted by Crippen LogP contribution is -2.50. The Kier molecular flexibility index (Phi) is 7.79. The highest BCUT2D eigenvalue weighted by Crippen LogP contribution is 2.21. The van der Waals surface area contributed by atoms with E-state index in [1.165, 1.54) is 4.90 Å². The summed E-state index contributed by atoms with van der Waals surface area (Å²) in [6.07, 6.45) is 4.07. The van der Waals surface area contributed by atoms with E-state index in [-0.39, 0.29) is 23.7 Å². The second-order valence-corrected chi connectivity index (χ2v) is 7.63. The molecular formula is C19H32N4O4. The molecule has 0 radical (unpaired) electrons. The molecule has 0 spiro atoms. The SMILES string of the molecule is CC(C)[C@@H](C(N)=O)N(C)C(=O)[C@H]1CCN(C(=O)/C=C/CN2CCOCC2)C1. The molecule has 0 aromatic heterocycles. The Morgan fingerprint density at radius 1 is 1.22 bits per heavy atom. The molecule has 2 atom stereocenters. The average molecular weight is 380 g/mol. The molecule has 0 aromatic carbocycles. The van der Waals surface area contributed by atoms with E-state index in [0.717, 1.165) is 32.8 Å². The Hall–Kier alpha value is -1.93. The van der Waals surface area contributed by atoms with Crippen LogP contribution in [0.3, 0.4) is 0 Å². The zero-order valence-electron chi connectivity index (χ0n) is 16.6. The number of morpholine rings is 1. The molecule has 0 bridgehead atoms. The summed E-state index contributed by atoms with van der Waals surface area (Å²) in [4.78, 5) is 42.1. The second-order valence-electron chi connectivity index (χ2n) is 7.63. The molecular weight excluding hydrogens is 348 g/mol. The zero-order chi connectivity index (χ0) is 20.0. The Morgan fingerprint density at radius 3 is 2.48 bits per heavy atom. The van der Waals surface area contributed by atoms with Crippen LogP contribution in [-0.2, 0) is 19.1 Å². The highest BCUT2D eigenvalue weighted by molar-refractivity contribution is 5.90. The van der Waals surface area contributed by atoms with Crippen molar-refractivity contribution >= 4 is 17.7 Å². The highest BCUT2D eigenvalue weighted by Gasteiger charge is 2.36. The van der Waals surface area contributed by atoms with Crippen LogP contribution in [0.25, 0.3) is 0 Å². The largest absolute Gasteiger partial charge is 0.379 e. The Bertz CT molecular complexity index is 572. The smallest absolute Gasteiger partial charge is 0.246 e. The van der Waals surface area contributed by atoms with Gasteiger partial charge in [-0.05, 0) is 12.3 Å². The van der Waals surface area contributed by atoms with Crippen LogP contribution in [0.4, 0.5) is 0 Å². The van der Waals surface area contributed by atoms with Crippen LogP contribution in [0.1, 0.15) is 20.3 Å². The molecule has 27 heavy (non-hydrogen) atoms. The molecule has 0 aromatic rings. The van der Waals surface area contributed by atoms with Crippen molar-refractivity contribution < 1.29 is 19.1 Å². The fourth-order valence-corrected chi connectivity index (χ4v) is 3.75. The fraction of sp³-hybridized carbons (Fsp3) is 0.737. The van der Waals surface area contributed by atoms with Crippen molar-refractivity contribution in [3.05, 3.63) is 12.2 Å². The van der Waals surface area contributed by atoms with E-state index in [0.29, 0.717) is 19.5 Å². The normalized spacial score (nSPS) is 22.4. The lowest BCUT2D eigenvalue weighted by molar-refractivity contribution is -0.142. The van der Waals surface area contributed by atoms with E-state index in [1.54, 1.807) is 18.0 Å².